The maximum atomic E-state index is 11.5. The number of carbonyl (C=O) groups is 1. The van der Waals surface area contributed by atoms with Crippen LogP contribution in [0.15, 0.2) is 48.3 Å². The van der Waals surface area contributed by atoms with Crippen LogP contribution >= 0.6 is 0 Å². The van der Waals surface area contributed by atoms with Crippen LogP contribution < -0.4 is 0 Å². The summed E-state index contributed by atoms with van der Waals surface area (Å²) in [5.41, 5.74) is 1.70. The third kappa shape index (κ3) is 2.80. The summed E-state index contributed by atoms with van der Waals surface area (Å²) in [6.45, 7) is 2.17. The van der Waals surface area contributed by atoms with Crippen molar-refractivity contribution in [2.24, 2.45) is 0 Å². The average molecular weight is 244 g/mol. The quantitative estimate of drug-likeness (QED) is 0.829. The third-order valence-electron chi connectivity index (χ3n) is 2.93. The zero-order valence-electron chi connectivity index (χ0n) is 10.3. The summed E-state index contributed by atoms with van der Waals surface area (Å²) in [5.74, 6) is 0.285. The molecule has 0 aliphatic heterocycles. The van der Waals surface area contributed by atoms with Crippen LogP contribution in [-0.4, -0.2) is 17.7 Å². The number of carbonyl (C=O) groups excluding carboxylic acids is 1. The van der Waals surface area contributed by atoms with Gasteiger partial charge in [-0.25, -0.2) is 4.79 Å². The van der Waals surface area contributed by atoms with Crippen LogP contribution in [0.5, 0.6) is 0 Å². The molecule has 2 rings (SSSR count). The Morgan fingerprint density at radius 2 is 2.11 bits per heavy atom. The van der Waals surface area contributed by atoms with Crippen molar-refractivity contribution < 1.29 is 14.6 Å². The smallest absolute Gasteiger partial charge is 0.338 e. The van der Waals surface area contributed by atoms with Crippen LogP contribution in [0.2, 0.25) is 0 Å². The van der Waals surface area contributed by atoms with Crippen LogP contribution in [0.4, 0.5) is 0 Å². The van der Waals surface area contributed by atoms with Gasteiger partial charge in [0, 0.05) is 5.92 Å². The molecule has 3 heteroatoms. The van der Waals surface area contributed by atoms with Gasteiger partial charge in [0.25, 0.3) is 0 Å². The molecule has 1 N–H and O–H groups in total. The van der Waals surface area contributed by atoms with Crippen LogP contribution in [0, 0.1) is 0 Å². The van der Waals surface area contributed by atoms with Crippen LogP contribution in [0.25, 0.3) is 0 Å². The molecule has 1 aromatic rings. The molecule has 0 aromatic heterocycles. The maximum Gasteiger partial charge on any atom is 0.338 e. The highest BCUT2D eigenvalue weighted by Crippen LogP contribution is 2.26. The van der Waals surface area contributed by atoms with E-state index in [1.54, 1.807) is 31.2 Å². The van der Waals surface area contributed by atoms with E-state index in [1.165, 1.54) is 0 Å². The van der Waals surface area contributed by atoms with Crippen LogP contribution in [0.1, 0.15) is 35.2 Å². The second-order valence-corrected chi connectivity index (χ2v) is 4.17. The normalized spacial score (nSPS) is 18.3. The molecular formula is C15H16O3. The number of benzene rings is 1. The van der Waals surface area contributed by atoms with Crippen LogP contribution in [0.3, 0.4) is 0 Å². The van der Waals surface area contributed by atoms with Crippen molar-refractivity contribution in [1.82, 2.24) is 0 Å². The maximum absolute atomic E-state index is 11.5. The minimum Gasteiger partial charge on any atom is -0.508 e. The molecule has 0 bridgehead atoms. The Balaban J connectivity index is 2.09. The number of hydrogen-bond acceptors (Lipinski definition) is 3. The van der Waals surface area contributed by atoms with Crippen molar-refractivity contribution in [3.05, 3.63) is 59.4 Å². The molecule has 1 aliphatic rings. The standard InChI is InChI=1S/C15H16O3/c1-2-18-15(17)13-5-3-11(4-6-13)12-7-9-14(16)10-8-12/h3-7,9-10,12,16H,2,8H2,1H3. The van der Waals surface area contributed by atoms with E-state index in [0.29, 0.717) is 17.9 Å². The Hall–Kier alpha value is -2.03. The molecule has 0 amide bonds. The summed E-state index contributed by atoms with van der Waals surface area (Å²) in [4.78, 5) is 11.5. The summed E-state index contributed by atoms with van der Waals surface area (Å²) in [6.07, 6.45) is 6.24. The zero-order chi connectivity index (χ0) is 13.0. The number of rotatable bonds is 3. The number of ether oxygens (including phenoxy) is 1. The van der Waals surface area contributed by atoms with Gasteiger partial charge in [-0.3, -0.25) is 0 Å². The third-order valence-corrected chi connectivity index (χ3v) is 2.93. The Bertz CT molecular complexity index is 483. The van der Waals surface area contributed by atoms with Gasteiger partial charge in [0.1, 0.15) is 5.76 Å². The van der Waals surface area contributed by atoms with E-state index in [-0.39, 0.29) is 11.9 Å². The van der Waals surface area contributed by atoms with Crippen LogP contribution in [-0.2, 0) is 4.74 Å². The number of esters is 1. The van der Waals surface area contributed by atoms with Gasteiger partial charge in [0.05, 0.1) is 12.2 Å². The molecule has 0 radical (unpaired) electrons. The first kappa shape index (κ1) is 12.4. The molecule has 0 spiro atoms. The van der Waals surface area contributed by atoms with E-state index in [4.69, 9.17) is 4.74 Å². The highest BCUT2D eigenvalue weighted by molar-refractivity contribution is 5.89. The molecule has 0 saturated carbocycles. The lowest BCUT2D eigenvalue weighted by molar-refractivity contribution is 0.0526. The summed E-state index contributed by atoms with van der Waals surface area (Å²) < 4.78 is 4.93. The molecule has 3 nitrogen and oxygen atoms in total. The number of allylic oxidation sites excluding steroid dienone is 3. The van der Waals surface area contributed by atoms with Crippen molar-refractivity contribution in [1.29, 1.82) is 0 Å². The SMILES string of the molecule is CCOC(=O)c1ccc(C2C=CC(O)=CC2)cc1. The van der Waals surface area contributed by atoms with E-state index in [0.717, 1.165) is 12.0 Å². The lowest BCUT2D eigenvalue weighted by atomic mass is 9.91. The van der Waals surface area contributed by atoms with Gasteiger partial charge in [0.2, 0.25) is 0 Å². The largest absolute Gasteiger partial charge is 0.508 e. The van der Waals surface area contributed by atoms with E-state index >= 15 is 0 Å². The molecular weight excluding hydrogens is 228 g/mol. The second-order valence-electron chi connectivity index (χ2n) is 4.17. The van der Waals surface area contributed by atoms with Gasteiger partial charge in [-0.1, -0.05) is 18.2 Å². The van der Waals surface area contributed by atoms with Gasteiger partial charge in [-0.05, 0) is 43.2 Å². The number of aliphatic hydroxyl groups excluding tert-OH is 1. The van der Waals surface area contributed by atoms with Crippen molar-refractivity contribution in [3.8, 4) is 0 Å². The van der Waals surface area contributed by atoms with Gasteiger partial charge < -0.3 is 9.84 Å². The fourth-order valence-electron chi connectivity index (χ4n) is 1.94. The van der Waals surface area contributed by atoms with E-state index < -0.39 is 0 Å². The predicted octanol–water partition coefficient (Wildman–Crippen LogP) is 3.35. The number of hydrogen-bond donors (Lipinski definition) is 1. The fourth-order valence-corrected chi connectivity index (χ4v) is 1.94. The lowest BCUT2D eigenvalue weighted by Gasteiger charge is -2.14. The molecule has 0 fully saturated rings. The van der Waals surface area contributed by atoms with E-state index in [9.17, 15) is 9.90 Å². The first-order valence-corrected chi connectivity index (χ1v) is 6.05. The highest BCUT2D eigenvalue weighted by atomic mass is 16.5. The Morgan fingerprint density at radius 3 is 2.67 bits per heavy atom. The molecule has 94 valence electrons. The van der Waals surface area contributed by atoms with Crippen molar-refractivity contribution in [2.45, 2.75) is 19.3 Å². The lowest BCUT2D eigenvalue weighted by Crippen LogP contribution is -2.05. The van der Waals surface area contributed by atoms with E-state index in [1.807, 2.05) is 18.2 Å². The topological polar surface area (TPSA) is 46.5 Å². The first-order chi connectivity index (χ1) is 8.70. The zero-order valence-corrected chi connectivity index (χ0v) is 10.3. The Kier molecular flexibility index (Phi) is 3.82. The molecule has 18 heavy (non-hydrogen) atoms. The first-order valence-electron chi connectivity index (χ1n) is 6.05. The van der Waals surface area contributed by atoms with Crippen molar-refractivity contribution in [2.75, 3.05) is 6.61 Å². The molecule has 1 aliphatic carbocycles. The van der Waals surface area contributed by atoms with E-state index in [2.05, 4.69) is 0 Å². The second kappa shape index (κ2) is 5.54. The minimum atomic E-state index is -0.291. The van der Waals surface area contributed by atoms with Crippen molar-refractivity contribution in [3.63, 3.8) is 0 Å². The minimum absolute atomic E-state index is 0.261. The predicted molar refractivity (Wildman–Crippen MR) is 69.6 cm³/mol. The number of aliphatic hydroxyl groups is 1. The fraction of sp³-hybridized carbons (Fsp3) is 0.267. The molecule has 1 aromatic carbocycles. The molecule has 1 atom stereocenters. The van der Waals surface area contributed by atoms with Gasteiger partial charge >= 0.3 is 5.97 Å². The molecule has 0 saturated heterocycles. The summed E-state index contributed by atoms with van der Waals surface area (Å²) in [5, 5.41) is 9.26. The van der Waals surface area contributed by atoms with Gasteiger partial charge in [-0.15, -0.1) is 0 Å². The Morgan fingerprint density at radius 1 is 1.39 bits per heavy atom. The summed E-state index contributed by atoms with van der Waals surface area (Å²) in [7, 11) is 0. The van der Waals surface area contributed by atoms with Gasteiger partial charge in [0.15, 0.2) is 0 Å². The average Bonchev–Trinajstić information content (AvgIpc) is 2.40. The summed E-state index contributed by atoms with van der Waals surface area (Å²) in [6, 6.07) is 7.41. The van der Waals surface area contributed by atoms with Gasteiger partial charge in [-0.2, -0.15) is 0 Å². The molecule has 1 unspecified atom stereocenters. The summed E-state index contributed by atoms with van der Waals surface area (Å²) >= 11 is 0. The van der Waals surface area contributed by atoms with Crippen molar-refractivity contribution >= 4 is 5.97 Å². The molecule has 0 heterocycles. The Labute approximate surface area is 106 Å². The monoisotopic (exact) mass is 244 g/mol. The highest BCUT2D eigenvalue weighted by Gasteiger charge is 2.12.